The molecule has 1 aliphatic rings. The molecule has 0 amide bonds. The third-order valence-electron chi connectivity index (χ3n) is 7.62. The summed E-state index contributed by atoms with van der Waals surface area (Å²) in [6.45, 7) is 8.06. The monoisotopic (exact) mass is 562 g/mol. The Labute approximate surface area is 236 Å². The zero-order chi connectivity index (χ0) is 29.3. The van der Waals surface area contributed by atoms with E-state index in [1.165, 1.54) is 12.3 Å². The molecule has 4 aromatic rings. The van der Waals surface area contributed by atoms with Gasteiger partial charge in [0, 0.05) is 79.4 Å². The molecule has 0 radical (unpaired) electrons. The first-order valence-electron chi connectivity index (χ1n) is 13.6. The van der Waals surface area contributed by atoms with Crippen LogP contribution in [0.5, 0.6) is 0 Å². The van der Waals surface area contributed by atoms with Gasteiger partial charge in [-0.25, -0.2) is 8.78 Å². The predicted octanol–water partition coefficient (Wildman–Crippen LogP) is 5.54. The molecule has 9 nitrogen and oxygen atoms in total. The van der Waals surface area contributed by atoms with Gasteiger partial charge in [-0.3, -0.25) is 14.7 Å². The molecule has 0 aliphatic carbocycles. The van der Waals surface area contributed by atoms with Crippen LogP contribution in [0.3, 0.4) is 0 Å². The van der Waals surface area contributed by atoms with Gasteiger partial charge in [-0.15, -0.1) is 0 Å². The van der Waals surface area contributed by atoms with Crippen LogP contribution < -0.4 is 10.3 Å². The molecule has 0 N–H and O–H groups in total. The summed E-state index contributed by atoms with van der Waals surface area (Å²) in [6.07, 6.45) is 6.81. The molecule has 11 heteroatoms. The number of rotatable bonds is 8. The average Bonchev–Trinajstić information content (AvgIpc) is 2.95. The number of benzene rings is 1. The van der Waals surface area contributed by atoms with E-state index in [0.717, 1.165) is 48.5 Å². The lowest BCUT2D eigenvalue weighted by atomic mass is 10.0. The van der Waals surface area contributed by atoms with E-state index < -0.39 is 16.6 Å². The molecule has 1 unspecified atom stereocenters. The molecular formula is C30H32F2N6O3. The Morgan fingerprint density at radius 3 is 2.59 bits per heavy atom. The summed E-state index contributed by atoms with van der Waals surface area (Å²) in [7, 11) is 0. The lowest BCUT2D eigenvalue weighted by molar-refractivity contribution is -0.389. The zero-order valence-corrected chi connectivity index (χ0v) is 23.3. The fraction of sp³-hybridized carbons (Fsp3) is 0.367. The molecule has 4 heterocycles. The average molecular weight is 563 g/mol. The van der Waals surface area contributed by atoms with E-state index in [1.807, 2.05) is 37.5 Å². The van der Waals surface area contributed by atoms with Crippen molar-refractivity contribution in [2.75, 3.05) is 18.0 Å². The van der Waals surface area contributed by atoms with Gasteiger partial charge in [0.15, 0.2) is 23.3 Å². The highest BCUT2D eigenvalue weighted by Crippen LogP contribution is 2.27. The Morgan fingerprint density at radius 1 is 1.12 bits per heavy atom. The highest BCUT2D eigenvalue weighted by Gasteiger charge is 2.28. The predicted molar refractivity (Wildman–Crippen MR) is 153 cm³/mol. The third kappa shape index (κ3) is 6.09. The molecule has 1 fully saturated rings. The number of anilines is 1. The number of aryl methyl sites for hydroxylation is 1. The minimum absolute atomic E-state index is 0.0416. The smallest absolute Gasteiger partial charge is 0.363 e. The van der Waals surface area contributed by atoms with Crippen LogP contribution in [0.25, 0.3) is 10.9 Å². The summed E-state index contributed by atoms with van der Waals surface area (Å²) in [5.74, 6) is -2.24. The number of nitrogens with zero attached hydrogens (tertiary/aromatic N) is 6. The van der Waals surface area contributed by atoms with Gasteiger partial charge in [-0.2, -0.15) is 0 Å². The number of fused-ring (bicyclic) bond motifs is 1. The second kappa shape index (κ2) is 11.7. The molecular weight excluding hydrogens is 530 g/mol. The number of nitro groups is 1. The molecule has 3 aromatic heterocycles. The Morgan fingerprint density at radius 2 is 1.90 bits per heavy atom. The Kier molecular flexibility index (Phi) is 8.07. The topological polar surface area (TPSA) is 97.4 Å². The lowest BCUT2D eigenvalue weighted by Gasteiger charge is -2.40. The Balaban J connectivity index is 1.52. The first-order chi connectivity index (χ1) is 19.6. The molecule has 5 rings (SSSR count). The van der Waals surface area contributed by atoms with E-state index in [4.69, 9.17) is 0 Å². The van der Waals surface area contributed by atoms with E-state index in [0.29, 0.717) is 30.7 Å². The molecule has 0 saturated carbocycles. The van der Waals surface area contributed by atoms with Gasteiger partial charge in [-0.05, 0) is 73.3 Å². The number of piperidine rings is 1. The van der Waals surface area contributed by atoms with Gasteiger partial charge in [0.2, 0.25) is 0 Å². The fourth-order valence-corrected chi connectivity index (χ4v) is 5.57. The molecule has 1 aromatic carbocycles. The summed E-state index contributed by atoms with van der Waals surface area (Å²) in [5.41, 5.74) is 3.26. The van der Waals surface area contributed by atoms with Crippen molar-refractivity contribution in [3.05, 3.63) is 104 Å². The van der Waals surface area contributed by atoms with Gasteiger partial charge in [-0.1, -0.05) is 0 Å². The maximum atomic E-state index is 14.3. The summed E-state index contributed by atoms with van der Waals surface area (Å²) in [4.78, 5) is 36.9. The van der Waals surface area contributed by atoms with Crippen LogP contribution in [-0.4, -0.2) is 43.5 Å². The van der Waals surface area contributed by atoms with Crippen LogP contribution in [0.4, 0.5) is 20.3 Å². The van der Waals surface area contributed by atoms with E-state index >= 15 is 0 Å². The number of hydrogen-bond donors (Lipinski definition) is 0. The molecule has 0 bridgehead atoms. The molecule has 1 aliphatic heterocycles. The van der Waals surface area contributed by atoms with E-state index in [1.54, 1.807) is 18.5 Å². The van der Waals surface area contributed by atoms with Gasteiger partial charge in [0.1, 0.15) is 0 Å². The number of aromatic nitrogens is 3. The highest BCUT2D eigenvalue weighted by molar-refractivity contribution is 5.80. The first kappa shape index (κ1) is 28.3. The minimum Gasteiger partial charge on any atom is -0.367 e. The van der Waals surface area contributed by atoms with Gasteiger partial charge in [0.05, 0.1) is 11.2 Å². The number of halogens is 2. The third-order valence-corrected chi connectivity index (χ3v) is 7.62. The zero-order valence-electron chi connectivity index (χ0n) is 23.3. The van der Waals surface area contributed by atoms with Gasteiger partial charge >= 0.3 is 5.82 Å². The van der Waals surface area contributed by atoms with Crippen molar-refractivity contribution in [3.63, 3.8) is 0 Å². The van der Waals surface area contributed by atoms with Crippen molar-refractivity contribution in [3.8, 4) is 0 Å². The maximum absolute atomic E-state index is 14.3. The largest absolute Gasteiger partial charge is 0.367 e. The van der Waals surface area contributed by atoms with Gasteiger partial charge in [0.25, 0.3) is 0 Å². The summed E-state index contributed by atoms with van der Waals surface area (Å²) in [5, 5.41) is 11.2. The van der Waals surface area contributed by atoms with E-state index in [9.17, 15) is 23.7 Å². The van der Waals surface area contributed by atoms with Crippen LogP contribution in [-0.2, 0) is 13.1 Å². The van der Waals surface area contributed by atoms with Crippen molar-refractivity contribution < 1.29 is 13.7 Å². The van der Waals surface area contributed by atoms with Crippen molar-refractivity contribution in [1.82, 2.24) is 19.4 Å². The standard InChI is InChI=1S/C30H32F2N6O3/c1-19(2)37-17-22(30(39)25-12-26(31)27(32)13-28(25)37)16-36(15-21-8-9-33-20(3)11-21)24-5-4-10-35(18-24)23-6-7-29(34-14-23)38(40)41/h6-9,11-14,17,19,24H,4-5,10,15-16,18H2,1-3H3. The van der Waals surface area contributed by atoms with E-state index in [2.05, 4.69) is 19.8 Å². The van der Waals surface area contributed by atoms with Crippen LogP contribution in [0.1, 0.15) is 49.6 Å². The van der Waals surface area contributed by atoms with Crippen LogP contribution in [0, 0.1) is 28.7 Å². The highest BCUT2D eigenvalue weighted by atomic mass is 19.2. The second-order valence-electron chi connectivity index (χ2n) is 10.9. The van der Waals surface area contributed by atoms with Crippen molar-refractivity contribution >= 4 is 22.4 Å². The molecule has 1 atom stereocenters. The summed E-state index contributed by atoms with van der Waals surface area (Å²) >= 11 is 0. The number of pyridine rings is 3. The van der Waals surface area contributed by atoms with E-state index in [-0.39, 0.29) is 28.7 Å². The van der Waals surface area contributed by atoms with Crippen LogP contribution in [0.15, 0.2) is 59.8 Å². The fourth-order valence-electron chi connectivity index (χ4n) is 5.57. The quantitative estimate of drug-likeness (QED) is 0.206. The van der Waals surface area contributed by atoms with Crippen LogP contribution in [0.2, 0.25) is 0 Å². The maximum Gasteiger partial charge on any atom is 0.363 e. The molecule has 214 valence electrons. The van der Waals surface area contributed by atoms with Crippen LogP contribution >= 0.6 is 0 Å². The molecule has 41 heavy (non-hydrogen) atoms. The van der Waals surface area contributed by atoms with Crippen molar-refractivity contribution in [1.29, 1.82) is 0 Å². The summed E-state index contributed by atoms with van der Waals surface area (Å²) < 4.78 is 30.2. The molecule has 0 spiro atoms. The first-order valence-corrected chi connectivity index (χ1v) is 13.6. The Bertz CT molecular complexity index is 1640. The number of hydrogen-bond acceptors (Lipinski definition) is 7. The van der Waals surface area contributed by atoms with Crippen molar-refractivity contribution in [2.24, 2.45) is 0 Å². The van der Waals surface area contributed by atoms with Crippen molar-refractivity contribution in [2.45, 2.75) is 58.8 Å². The lowest BCUT2D eigenvalue weighted by Crippen LogP contribution is -2.48. The molecule has 1 saturated heterocycles. The minimum atomic E-state index is -1.05. The Hall–Kier alpha value is -4.25. The SMILES string of the molecule is Cc1cc(CN(Cc2cn(C(C)C)c3cc(F)c(F)cc3c2=O)C2CCCN(c3ccc([N+](=O)[O-])nc3)C2)ccn1. The second-order valence-corrected chi connectivity index (χ2v) is 10.9. The van der Waals surface area contributed by atoms with Gasteiger partial charge < -0.3 is 19.6 Å². The normalized spacial score (nSPS) is 15.7. The summed E-state index contributed by atoms with van der Waals surface area (Å²) in [6, 6.07) is 9.12.